The highest BCUT2D eigenvalue weighted by Crippen LogP contribution is 2.38. The summed E-state index contributed by atoms with van der Waals surface area (Å²) >= 11 is 1.66. The van der Waals surface area contributed by atoms with Crippen LogP contribution in [0, 0.1) is 0 Å². The van der Waals surface area contributed by atoms with E-state index >= 15 is 0 Å². The highest BCUT2D eigenvalue weighted by atomic mass is 32.1. The van der Waals surface area contributed by atoms with Gasteiger partial charge in [-0.3, -0.25) is 9.69 Å². The summed E-state index contributed by atoms with van der Waals surface area (Å²) in [6.07, 6.45) is -3.14. The number of piperidine rings is 1. The Hall–Kier alpha value is -2.88. The smallest absolute Gasteiger partial charge is 0.369 e. The number of hydrogen-bond acceptors (Lipinski definition) is 5. The van der Waals surface area contributed by atoms with Crippen molar-refractivity contribution >= 4 is 22.9 Å². The summed E-state index contributed by atoms with van der Waals surface area (Å²) < 4.78 is 40.6. The third-order valence-electron chi connectivity index (χ3n) is 8.07. The number of rotatable bonds is 8. The molecule has 0 bridgehead atoms. The van der Waals surface area contributed by atoms with E-state index in [1.165, 1.54) is 22.7 Å². The molecule has 3 aromatic rings. The summed E-state index contributed by atoms with van der Waals surface area (Å²) in [6.45, 7) is 6.13. The number of benzene rings is 2. The first-order valence-corrected chi connectivity index (χ1v) is 14.4. The number of carbonyl (C=O) groups excluding carboxylic acids is 1. The van der Waals surface area contributed by atoms with Crippen LogP contribution < -0.4 is 10.2 Å². The van der Waals surface area contributed by atoms with Gasteiger partial charge >= 0.3 is 6.18 Å². The van der Waals surface area contributed by atoms with E-state index in [9.17, 15) is 18.0 Å². The molecule has 2 aliphatic heterocycles. The zero-order valence-corrected chi connectivity index (χ0v) is 22.8. The molecular formula is C30H35F3N4OS. The van der Waals surface area contributed by atoms with Crippen molar-refractivity contribution in [3.63, 3.8) is 0 Å². The average molecular weight is 557 g/mol. The number of alkyl halides is 3. The molecule has 1 N–H and O–H groups in total. The number of piperazine rings is 1. The fraction of sp³-hybridized carbons (Fsp3) is 0.433. The van der Waals surface area contributed by atoms with E-state index in [-0.39, 0.29) is 5.91 Å². The summed E-state index contributed by atoms with van der Waals surface area (Å²) in [5.74, 6) is 0.104. The van der Waals surface area contributed by atoms with E-state index in [4.69, 9.17) is 0 Å². The molecule has 0 radical (unpaired) electrons. The van der Waals surface area contributed by atoms with Gasteiger partial charge in [0.2, 0.25) is 5.91 Å². The second-order valence-corrected chi connectivity index (χ2v) is 11.6. The van der Waals surface area contributed by atoms with Gasteiger partial charge in [0.05, 0.1) is 12.1 Å². The Kier molecular flexibility index (Phi) is 8.59. The van der Waals surface area contributed by atoms with Crippen LogP contribution in [-0.4, -0.2) is 68.1 Å². The maximum atomic E-state index is 13.5. The van der Waals surface area contributed by atoms with Crippen molar-refractivity contribution in [2.45, 2.75) is 31.0 Å². The van der Waals surface area contributed by atoms with Gasteiger partial charge in [0.1, 0.15) is 0 Å². The number of likely N-dealkylation sites (tertiary alicyclic amines) is 1. The Morgan fingerprint density at radius 3 is 2.31 bits per heavy atom. The van der Waals surface area contributed by atoms with Crippen molar-refractivity contribution in [3.05, 3.63) is 88.1 Å². The van der Waals surface area contributed by atoms with Crippen molar-refractivity contribution in [2.75, 3.05) is 57.3 Å². The number of thiophene rings is 1. The van der Waals surface area contributed by atoms with Crippen LogP contribution in [0.2, 0.25) is 0 Å². The van der Waals surface area contributed by atoms with Gasteiger partial charge in [-0.15, -0.1) is 11.3 Å². The van der Waals surface area contributed by atoms with Gasteiger partial charge in [0, 0.05) is 68.3 Å². The molecule has 2 fully saturated rings. The number of halogens is 3. The molecule has 208 valence electrons. The zero-order chi connectivity index (χ0) is 27.3. The Morgan fingerprint density at radius 1 is 0.897 bits per heavy atom. The Labute approximate surface area is 232 Å². The minimum atomic E-state index is -4.39. The lowest BCUT2D eigenvalue weighted by Gasteiger charge is -2.43. The topological polar surface area (TPSA) is 38.8 Å². The van der Waals surface area contributed by atoms with Crippen molar-refractivity contribution in [1.82, 2.24) is 15.1 Å². The van der Waals surface area contributed by atoms with Crippen LogP contribution in [0.5, 0.6) is 0 Å². The second-order valence-electron chi connectivity index (χ2n) is 10.5. The summed E-state index contributed by atoms with van der Waals surface area (Å²) in [5.41, 5.74) is 0.820. The van der Waals surface area contributed by atoms with Crippen LogP contribution in [0.15, 0.2) is 72.1 Å². The molecule has 9 heteroatoms. The van der Waals surface area contributed by atoms with Crippen LogP contribution in [0.25, 0.3) is 0 Å². The van der Waals surface area contributed by atoms with Crippen molar-refractivity contribution in [1.29, 1.82) is 0 Å². The third-order valence-corrected chi connectivity index (χ3v) is 8.95. The number of nitrogens with zero attached hydrogens (tertiary/aromatic N) is 3. The molecule has 0 atom stereocenters. The van der Waals surface area contributed by atoms with E-state index in [0.29, 0.717) is 51.1 Å². The third kappa shape index (κ3) is 6.83. The maximum absolute atomic E-state index is 13.5. The second kappa shape index (κ2) is 12.1. The van der Waals surface area contributed by atoms with Gasteiger partial charge in [-0.25, -0.2) is 0 Å². The number of nitrogens with one attached hydrogen (secondary N) is 1. The summed E-state index contributed by atoms with van der Waals surface area (Å²) in [6, 6.07) is 20.1. The Balaban J connectivity index is 1.20. The van der Waals surface area contributed by atoms with Crippen LogP contribution in [-0.2, 0) is 22.9 Å². The molecule has 5 rings (SSSR count). The highest BCUT2D eigenvalue weighted by Gasteiger charge is 2.39. The minimum absolute atomic E-state index is 0.104. The van der Waals surface area contributed by atoms with Gasteiger partial charge in [0.15, 0.2) is 0 Å². The summed E-state index contributed by atoms with van der Waals surface area (Å²) in [7, 11) is 0. The summed E-state index contributed by atoms with van der Waals surface area (Å²) in [5, 5.41) is 5.51. The Morgan fingerprint density at radius 2 is 1.64 bits per heavy atom. The predicted molar refractivity (Wildman–Crippen MR) is 150 cm³/mol. The normalized spacial score (nSPS) is 18.3. The lowest BCUT2D eigenvalue weighted by atomic mass is 9.72. The molecule has 3 heterocycles. The Bertz CT molecular complexity index is 1200. The van der Waals surface area contributed by atoms with Gasteiger partial charge in [-0.2, -0.15) is 13.2 Å². The molecule has 0 saturated carbocycles. The van der Waals surface area contributed by atoms with Crippen LogP contribution in [0.1, 0.15) is 28.8 Å². The monoisotopic (exact) mass is 556 g/mol. The molecular weight excluding hydrogens is 521 g/mol. The maximum Gasteiger partial charge on any atom is 0.416 e. The number of para-hydroxylation sites is 1. The highest BCUT2D eigenvalue weighted by molar-refractivity contribution is 7.09. The van der Waals surface area contributed by atoms with E-state index in [2.05, 4.69) is 33.3 Å². The van der Waals surface area contributed by atoms with E-state index in [0.717, 1.165) is 32.2 Å². The fourth-order valence-electron chi connectivity index (χ4n) is 5.71. The number of hydrogen-bond donors (Lipinski definition) is 1. The SMILES string of the molecule is O=C(CN1CCN(c2ccccc2)CC1)N1CCC(CNCc2cccs2)(c2cccc(C(F)(F)F)c2)CC1. The molecule has 0 unspecified atom stereocenters. The molecule has 2 saturated heterocycles. The van der Waals surface area contributed by atoms with Gasteiger partial charge < -0.3 is 15.1 Å². The van der Waals surface area contributed by atoms with Crippen molar-refractivity contribution in [2.24, 2.45) is 0 Å². The molecule has 2 aromatic carbocycles. The van der Waals surface area contributed by atoms with Gasteiger partial charge in [-0.05, 0) is 48.1 Å². The van der Waals surface area contributed by atoms with E-state index in [1.54, 1.807) is 11.3 Å². The molecule has 1 amide bonds. The zero-order valence-electron chi connectivity index (χ0n) is 22.0. The molecule has 5 nitrogen and oxygen atoms in total. The summed E-state index contributed by atoms with van der Waals surface area (Å²) in [4.78, 5) is 20.9. The molecule has 1 aromatic heterocycles. The average Bonchev–Trinajstić information content (AvgIpc) is 3.47. The minimum Gasteiger partial charge on any atom is -0.369 e. The fourth-order valence-corrected chi connectivity index (χ4v) is 6.38. The first kappa shape index (κ1) is 27.7. The standard InChI is InChI=1S/C30H35F3N4OS/c31-30(32,33)25-7-4-6-24(20-25)29(23-34-21-27-10-5-19-39-27)11-13-37(14-12-29)28(38)22-35-15-17-36(18-16-35)26-8-2-1-3-9-26/h1-10,19-20,34H,11-18,21-23H2. The van der Waals surface area contributed by atoms with Crippen LogP contribution in [0.4, 0.5) is 18.9 Å². The molecule has 2 aliphatic rings. The van der Waals surface area contributed by atoms with Gasteiger partial charge in [0.25, 0.3) is 0 Å². The largest absolute Gasteiger partial charge is 0.416 e. The number of amides is 1. The first-order valence-electron chi connectivity index (χ1n) is 13.5. The predicted octanol–water partition coefficient (Wildman–Crippen LogP) is 5.24. The first-order chi connectivity index (χ1) is 18.8. The van der Waals surface area contributed by atoms with Crippen molar-refractivity contribution in [3.8, 4) is 0 Å². The van der Waals surface area contributed by atoms with Crippen molar-refractivity contribution < 1.29 is 18.0 Å². The van der Waals surface area contributed by atoms with Crippen LogP contribution in [0.3, 0.4) is 0 Å². The number of carbonyl (C=O) groups is 1. The van der Waals surface area contributed by atoms with E-state index in [1.807, 2.05) is 40.6 Å². The quantitative estimate of drug-likeness (QED) is 0.412. The van der Waals surface area contributed by atoms with Crippen LogP contribution >= 0.6 is 11.3 Å². The molecule has 39 heavy (non-hydrogen) atoms. The lowest BCUT2D eigenvalue weighted by molar-refractivity contribution is -0.137. The van der Waals surface area contributed by atoms with Gasteiger partial charge in [-0.1, -0.05) is 42.5 Å². The molecule has 0 aliphatic carbocycles. The van der Waals surface area contributed by atoms with E-state index < -0.39 is 17.2 Å². The lowest BCUT2D eigenvalue weighted by Crippen LogP contribution is -2.53. The molecule has 0 spiro atoms. The number of anilines is 1.